The predicted molar refractivity (Wildman–Crippen MR) is 73.1 cm³/mol. The van der Waals surface area contributed by atoms with Crippen LogP contribution in [0, 0.1) is 11.6 Å². The molecule has 0 bridgehead atoms. The first-order valence-electron chi connectivity index (χ1n) is 6.11. The van der Waals surface area contributed by atoms with Crippen molar-refractivity contribution in [3.8, 4) is 5.75 Å². The maximum absolute atomic E-state index is 13.8. The SMILES string of the molecule is COC(=O)c1ccc(NCc2ccc(O)cc2)c(F)c1F. The summed E-state index contributed by atoms with van der Waals surface area (Å²) in [7, 11) is 1.09. The molecule has 6 heteroatoms. The first-order valence-corrected chi connectivity index (χ1v) is 6.11. The Morgan fingerprint density at radius 1 is 1.14 bits per heavy atom. The molecule has 0 spiro atoms. The van der Waals surface area contributed by atoms with E-state index in [2.05, 4.69) is 10.1 Å². The molecule has 21 heavy (non-hydrogen) atoms. The Balaban J connectivity index is 2.16. The number of carbonyl (C=O) groups is 1. The summed E-state index contributed by atoms with van der Waals surface area (Å²) in [5, 5.41) is 11.9. The maximum Gasteiger partial charge on any atom is 0.340 e. The van der Waals surface area contributed by atoms with Gasteiger partial charge in [-0.1, -0.05) is 12.1 Å². The van der Waals surface area contributed by atoms with E-state index >= 15 is 0 Å². The first kappa shape index (κ1) is 14.8. The number of nitrogens with one attached hydrogen (secondary N) is 1. The molecule has 0 amide bonds. The van der Waals surface area contributed by atoms with Crippen LogP contribution in [0.15, 0.2) is 36.4 Å². The summed E-state index contributed by atoms with van der Waals surface area (Å²) in [6.45, 7) is 0.244. The van der Waals surface area contributed by atoms with Crippen LogP contribution in [0.2, 0.25) is 0 Å². The van der Waals surface area contributed by atoms with Gasteiger partial charge in [0.25, 0.3) is 0 Å². The lowest BCUT2D eigenvalue weighted by Gasteiger charge is -2.10. The molecule has 0 saturated heterocycles. The van der Waals surface area contributed by atoms with Gasteiger partial charge in [-0.05, 0) is 29.8 Å². The highest BCUT2D eigenvalue weighted by Crippen LogP contribution is 2.22. The van der Waals surface area contributed by atoms with Crippen LogP contribution < -0.4 is 5.32 Å². The van der Waals surface area contributed by atoms with Gasteiger partial charge < -0.3 is 15.2 Å². The number of benzene rings is 2. The molecule has 110 valence electrons. The molecule has 0 aromatic heterocycles. The van der Waals surface area contributed by atoms with Crippen molar-refractivity contribution in [2.24, 2.45) is 0 Å². The van der Waals surface area contributed by atoms with Crippen molar-refractivity contribution in [2.45, 2.75) is 6.54 Å². The van der Waals surface area contributed by atoms with Crippen molar-refractivity contribution in [3.63, 3.8) is 0 Å². The normalized spacial score (nSPS) is 10.2. The van der Waals surface area contributed by atoms with Gasteiger partial charge in [0, 0.05) is 6.54 Å². The van der Waals surface area contributed by atoms with Crippen molar-refractivity contribution in [1.29, 1.82) is 0 Å². The summed E-state index contributed by atoms with van der Waals surface area (Å²) in [4.78, 5) is 11.2. The lowest BCUT2D eigenvalue weighted by Crippen LogP contribution is -2.09. The third-order valence-corrected chi connectivity index (χ3v) is 2.91. The Kier molecular flexibility index (Phi) is 4.37. The van der Waals surface area contributed by atoms with E-state index in [1.807, 2.05) is 0 Å². The zero-order valence-electron chi connectivity index (χ0n) is 11.2. The van der Waals surface area contributed by atoms with Gasteiger partial charge in [-0.15, -0.1) is 0 Å². The number of halogens is 2. The van der Waals surface area contributed by atoms with E-state index in [9.17, 15) is 13.6 Å². The standard InChI is InChI=1S/C15H13F2NO3/c1-21-15(20)11-6-7-12(14(17)13(11)16)18-8-9-2-4-10(19)5-3-9/h2-7,18-19H,8H2,1H3. The highest BCUT2D eigenvalue weighted by molar-refractivity contribution is 5.90. The lowest BCUT2D eigenvalue weighted by molar-refractivity contribution is 0.0594. The van der Waals surface area contributed by atoms with Crippen molar-refractivity contribution in [3.05, 3.63) is 59.2 Å². The summed E-state index contributed by atoms with van der Waals surface area (Å²) in [5.74, 6) is -3.20. The smallest absolute Gasteiger partial charge is 0.340 e. The number of hydrogen-bond donors (Lipinski definition) is 2. The van der Waals surface area contributed by atoms with Gasteiger partial charge >= 0.3 is 5.97 Å². The number of methoxy groups -OCH3 is 1. The minimum atomic E-state index is -1.25. The first-order chi connectivity index (χ1) is 10.0. The molecule has 0 aliphatic heterocycles. The number of ether oxygens (including phenoxy) is 1. The third-order valence-electron chi connectivity index (χ3n) is 2.91. The van der Waals surface area contributed by atoms with Crippen LogP contribution >= 0.6 is 0 Å². The molecule has 0 fully saturated rings. The molecule has 0 heterocycles. The Morgan fingerprint density at radius 3 is 2.43 bits per heavy atom. The molecule has 2 N–H and O–H groups in total. The third kappa shape index (κ3) is 3.28. The average Bonchev–Trinajstić information content (AvgIpc) is 2.49. The fraction of sp³-hybridized carbons (Fsp3) is 0.133. The van der Waals surface area contributed by atoms with Crippen LogP contribution in [0.4, 0.5) is 14.5 Å². The van der Waals surface area contributed by atoms with Crippen molar-refractivity contribution in [2.75, 3.05) is 12.4 Å². The van der Waals surface area contributed by atoms with Gasteiger partial charge in [0.1, 0.15) is 5.75 Å². The molecule has 0 unspecified atom stereocenters. The predicted octanol–water partition coefficient (Wildman–Crippen LogP) is 3.07. The van der Waals surface area contributed by atoms with Crippen LogP contribution in [0.3, 0.4) is 0 Å². The number of aromatic hydroxyl groups is 1. The number of phenolic OH excluding ortho intramolecular Hbond substituents is 1. The van der Waals surface area contributed by atoms with Crippen LogP contribution in [0.5, 0.6) is 5.75 Å². The minimum Gasteiger partial charge on any atom is -0.508 e. The molecule has 2 aromatic carbocycles. The zero-order chi connectivity index (χ0) is 15.4. The average molecular weight is 293 g/mol. The highest BCUT2D eigenvalue weighted by Gasteiger charge is 2.18. The van der Waals surface area contributed by atoms with Gasteiger partial charge in [0.15, 0.2) is 11.6 Å². The molecular weight excluding hydrogens is 280 g/mol. The number of anilines is 1. The van der Waals surface area contributed by atoms with Gasteiger partial charge in [0.2, 0.25) is 0 Å². The second-order valence-electron chi connectivity index (χ2n) is 4.30. The van der Waals surface area contributed by atoms with E-state index in [-0.39, 0.29) is 18.0 Å². The molecule has 2 rings (SSSR count). The molecule has 0 aliphatic rings. The molecule has 0 radical (unpaired) electrons. The molecule has 4 nitrogen and oxygen atoms in total. The van der Waals surface area contributed by atoms with Crippen molar-refractivity contribution < 1.29 is 23.4 Å². The number of hydrogen-bond acceptors (Lipinski definition) is 4. The minimum absolute atomic E-state index is 0.0618. The topological polar surface area (TPSA) is 58.6 Å². The van der Waals surface area contributed by atoms with Gasteiger partial charge in [0.05, 0.1) is 18.4 Å². The van der Waals surface area contributed by atoms with Crippen molar-refractivity contribution >= 4 is 11.7 Å². The second kappa shape index (κ2) is 6.21. The molecular formula is C15H13F2NO3. The summed E-state index contributed by atoms with van der Waals surface area (Å²) in [6, 6.07) is 8.72. The van der Waals surface area contributed by atoms with Crippen molar-refractivity contribution in [1.82, 2.24) is 0 Å². The van der Waals surface area contributed by atoms with E-state index in [0.717, 1.165) is 18.7 Å². The van der Waals surface area contributed by atoms with E-state index in [0.29, 0.717) is 0 Å². The van der Waals surface area contributed by atoms with E-state index in [1.165, 1.54) is 18.2 Å². The molecule has 0 aliphatic carbocycles. The second-order valence-corrected chi connectivity index (χ2v) is 4.30. The quantitative estimate of drug-likeness (QED) is 0.851. The van der Waals surface area contributed by atoms with Gasteiger partial charge in [-0.25, -0.2) is 13.6 Å². The van der Waals surface area contributed by atoms with Crippen LogP contribution in [0.25, 0.3) is 0 Å². The lowest BCUT2D eigenvalue weighted by atomic mass is 10.1. The Morgan fingerprint density at radius 2 is 1.81 bits per heavy atom. The van der Waals surface area contributed by atoms with Crippen LogP contribution in [-0.4, -0.2) is 18.2 Å². The van der Waals surface area contributed by atoms with Gasteiger partial charge in [-0.2, -0.15) is 0 Å². The fourth-order valence-corrected chi connectivity index (χ4v) is 1.76. The summed E-state index contributed by atoms with van der Waals surface area (Å²) in [6.07, 6.45) is 0. The fourth-order valence-electron chi connectivity index (χ4n) is 1.76. The molecule has 0 atom stereocenters. The Labute approximate surface area is 120 Å². The number of esters is 1. The largest absolute Gasteiger partial charge is 0.508 e. The summed E-state index contributed by atoms with van der Waals surface area (Å²) < 4.78 is 31.9. The Bertz CT molecular complexity index is 657. The Hall–Kier alpha value is -2.63. The van der Waals surface area contributed by atoms with E-state index in [4.69, 9.17) is 5.11 Å². The van der Waals surface area contributed by atoms with Crippen LogP contribution in [-0.2, 0) is 11.3 Å². The zero-order valence-corrected chi connectivity index (χ0v) is 11.2. The molecule has 2 aromatic rings. The summed E-state index contributed by atoms with van der Waals surface area (Å²) >= 11 is 0. The van der Waals surface area contributed by atoms with E-state index in [1.54, 1.807) is 12.1 Å². The highest BCUT2D eigenvalue weighted by atomic mass is 19.2. The number of phenols is 1. The number of rotatable bonds is 4. The van der Waals surface area contributed by atoms with Crippen LogP contribution in [0.1, 0.15) is 15.9 Å². The molecule has 0 saturated carbocycles. The summed E-state index contributed by atoms with van der Waals surface area (Å²) in [5.41, 5.74) is 0.267. The maximum atomic E-state index is 13.8. The van der Waals surface area contributed by atoms with Gasteiger partial charge in [-0.3, -0.25) is 0 Å². The number of carbonyl (C=O) groups excluding carboxylic acids is 1. The van der Waals surface area contributed by atoms with E-state index < -0.39 is 23.2 Å². The monoisotopic (exact) mass is 293 g/mol.